The number of aromatic nitrogens is 2. The lowest BCUT2D eigenvalue weighted by atomic mass is 10.0. The lowest BCUT2D eigenvalue weighted by Crippen LogP contribution is -2.18. The number of aromatic amines is 1. The summed E-state index contributed by atoms with van der Waals surface area (Å²) in [6.45, 7) is 6.18. The van der Waals surface area contributed by atoms with Gasteiger partial charge in [0.2, 0.25) is 0 Å². The molecule has 0 radical (unpaired) electrons. The molecule has 0 aliphatic heterocycles. The summed E-state index contributed by atoms with van der Waals surface area (Å²) in [5.74, 6) is 0.743. The van der Waals surface area contributed by atoms with E-state index in [1.165, 1.54) is 16.7 Å². The molecule has 0 bridgehead atoms. The third-order valence-electron chi connectivity index (χ3n) is 2.97. The Bertz CT molecular complexity index is 641. The summed E-state index contributed by atoms with van der Waals surface area (Å²) < 4.78 is 0.698. The van der Waals surface area contributed by atoms with Crippen LogP contribution in [-0.4, -0.2) is 9.97 Å². The van der Waals surface area contributed by atoms with Gasteiger partial charge in [-0.05, 0) is 48.4 Å². The van der Waals surface area contributed by atoms with Gasteiger partial charge in [0.15, 0.2) is 0 Å². The lowest BCUT2D eigenvalue weighted by molar-refractivity contribution is 0.875. The van der Waals surface area contributed by atoms with Crippen LogP contribution in [0.4, 0.5) is 0 Å². The number of rotatable bonds is 3. The quantitative estimate of drug-likeness (QED) is 0.847. The van der Waals surface area contributed by atoms with E-state index in [-0.39, 0.29) is 5.56 Å². The maximum atomic E-state index is 11.8. The number of H-pyrrole nitrogens is 1. The van der Waals surface area contributed by atoms with Crippen molar-refractivity contribution in [2.45, 2.75) is 33.6 Å². The van der Waals surface area contributed by atoms with E-state index < -0.39 is 0 Å². The zero-order valence-electron chi connectivity index (χ0n) is 11.4. The SMILES string of the molecule is CCc1nc(Cc2cc(C)cc(C)c2)[nH]c(=O)c1I. The van der Waals surface area contributed by atoms with Crippen molar-refractivity contribution in [3.8, 4) is 0 Å². The van der Waals surface area contributed by atoms with Crippen molar-refractivity contribution in [1.82, 2.24) is 9.97 Å². The van der Waals surface area contributed by atoms with Crippen LogP contribution in [-0.2, 0) is 12.8 Å². The molecule has 0 spiro atoms. The van der Waals surface area contributed by atoms with Crippen LogP contribution in [0.1, 0.15) is 35.1 Å². The second kappa shape index (κ2) is 5.86. The second-order valence-corrected chi connectivity index (χ2v) is 5.88. The van der Waals surface area contributed by atoms with Gasteiger partial charge in [-0.15, -0.1) is 0 Å². The van der Waals surface area contributed by atoms with Crippen molar-refractivity contribution in [3.05, 3.63) is 60.3 Å². The number of nitrogens with zero attached hydrogens (tertiary/aromatic N) is 1. The fraction of sp³-hybridized carbons (Fsp3) is 0.333. The number of hydrogen-bond acceptors (Lipinski definition) is 2. The molecule has 0 saturated heterocycles. The van der Waals surface area contributed by atoms with Crippen LogP contribution < -0.4 is 5.56 Å². The molecule has 3 nitrogen and oxygen atoms in total. The zero-order valence-corrected chi connectivity index (χ0v) is 13.5. The largest absolute Gasteiger partial charge is 0.309 e. The second-order valence-electron chi connectivity index (χ2n) is 4.80. The first-order chi connectivity index (χ1) is 8.99. The molecule has 1 N–H and O–H groups in total. The third kappa shape index (κ3) is 3.43. The number of aryl methyl sites for hydroxylation is 3. The zero-order chi connectivity index (χ0) is 14.0. The minimum atomic E-state index is -0.0353. The molecule has 0 amide bonds. The van der Waals surface area contributed by atoms with Gasteiger partial charge in [0.05, 0.1) is 9.26 Å². The first-order valence-electron chi connectivity index (χ1n) is 6.34. The fourth-order valence-electron chi connectivity index (χ4n) is 2.24. The number of nitrogens with one attached hydrogen (secondary N) is 1. The molecule has 0 aliphatic rings. The van der Waals surface area contributed by atoms with E-state index in [4.69, 9.17) is 0 Å². The topological polar surface area (TPSA) is 45.8 Å². The molecule has 4 heteroatoms. The molecule has 1 heterocycles. The van der Waals surface area contributed by atoms with E-state index in [0.29, 0.717) is 9.99 Å². The molecule has 100 valence electrons. The van der Waals surface area contributed by atoms with E-state index in [2.05, 4.69) is 64.6 Å². The molecule has 0 aliphatic carbocycles. The highest BCUT2D eigenvalue weighted by atomic mass is 127. The first kappa shape index (κ1) is 14.2. The van der Waals surface area contributed by atoms with Crippen molar-refractivity contribution in [1.29, 1.82) is 0 Å². The van der Waals surface area contributed by atoms with Gasteiger partial charge in [0, 0.05) is 6.42 Å². The van der Waals surface area contributed by atoms with Crippen LogP contribution in [0, 0.1) is 17.4 Å². The van der Waals surface area contributed by atoms with E-state index in [1.807, 2.05) is 6.92 Å². The average molecular weight is 368 g/mol. The Balaban J connectivity index is 2.38. The number of hydrogen-bond donors (Lipinski definition) is 1. The molecular weight excluding hydrogens is 351 g/mol. The number of halogens is 1. The van der Waals surface area contributed by atoms with Crippen LogP contribution in [0.3, 0.4) is 0 Å². The third-order valence-corrected chi connectivity index (χ3v) is 4.08. The monoisotopic (exact) mass is 368 g/mol. The summed E-state index contributed by atoms with van der Waals surface area (Å²) in [7, 11) is 0. The minimum absolute atomic E-state index is 0.0353. The van der Waals surface area contributed by atoms with Crippen molar-refractivity contribution < 1.29 is 0 Å². The molecule has 0 unspecified atom stereocenters. The minimum Gasteiger partial charge on any atom is -0.309 e. The summed E-state index contributed by atoms with van der Waals surface area (Å²) in [6.07, 6.45) is 1.45. The standard InChI is InChI=1S/C15H17IN2O/c1-4-12-14(16)15(19)18-13(17-12)8-11-6-9(2)5-10(3)7-11/h5-7H,4,8H2,1-3H3,(H,17,18,19). The Kier molecular flexibility index (Phi) is 4.39. The summed E-state index contributed by atoms with van der Waals surface area (Å²) in [4.78, 5) is 19.2. The summed E-state index contributed by atoms with van der Waals surface area (Å²) >= 11 is 2.06. The molecule has 1 aromatic heterocycles. The van der Waals surface area contributed by atoms with Crippen molar-refractivity contribution >= 4 is 22.6 Å². The lowest BCUT2D eigenvalue weighted by Gasteiger charge is -2.07. The molecular formula is C15H17IN2O. The Labute approximate surface area is 126 Å². The summed E-state index contributed by atoms with van der Waals surface area (Å²) in [5, 5.41) is 0. The molecule has 2 aromatic rings. The van der Waals surface area contributed by atoms with Gasteiger partial charge < -0.3 is 4.98 Å². The molecule has 0 fully saturated rings. The van der Waals surface area contributed by atoms with Crippen molar-refractivity contribution in [2.24, 2.45) is 0 Å². The van der Waals surface area contributed by atoms with Gasteiger partial charge in [-0.1, -0.05) is 36.2 Å². The number of benzene rings is 1. The highest BCUT2D eigenvalue weighted by Crippen LogP contribution is 2.13. The predicted molar refractivity (Wildman–Crippen MR) is 85.7 cm³/mol. The van der Waals surface area contributed by atoms with Crippen LogP contribution in [0.2, 0.25) is 0 Å². The van der Waals surface area contributed by atoms with Gasteiger partial charge >= 0.3 is 0 Å². The molecule has 2 rings (SSSR count). The van der Waals surface area contributed by atoms with Crippen molar-refractivity contribution in [3.63, 3.8) is 0 Å². The average Bonchev–Trinajstić information content (AvgIpc) is 2.32. The summed E-state index contributed by atoms with van der Waals surface area (Å²) in [6, 6.07) is 6.41. The molecule has 1 aromatic carbocycles. The van der Waals surface area contributed by atoms with Crippen LogP contribution in [0.15, 0.2) is 23.0 Å². The Morgan fingerprint density at radius 2 is 1.84 bits per heavy atom. The smallest absolute Gasteiger partial charge is 0.264 e. The normalized spacial score (nSPS) is 10.7. The highest BCUT2D eigenvalue weighted by Gasteiger charge is 2.08. The van der Waals surface area contributed by atoms with Gasteiger partial charge in [-0.2, -0.15) is 0 Å². The highest BCUT2D eigenvalue weighted by molar-refractivity contribution is 14.1. The van der Waals surface area contributed by atoms with E-state index in [9.17, 15) is 4.79 Å². The van der Waals surface area contributed by atoms with Crippen molar-refractivity contribution in [2.75, 3.05) is 0 Å². The van der Waals surface area contributed by atoms with Crippen LogP contribution in [0.5, 0.6) is 0 Å². The van der Waals surface area contributed by atoms with Crippen LogP contribution in [0.25, 0.3) is 0 Å². The van der Waals surface area contributed by atoms with Gasteiger partial charge in [-0.3, -0.25) is 4.79 Å². The Morgan fingerprint density at radius 3 is 2.42 bits per heavy atom. The first-order valence-corrected chi connectivity index (χ1v) is 7.42. The van der Waals surface area contributed by atoms with Gasteiger partial charge in [0.1, 0.15) is 5.82 Å². The maximum Gasteiger partial charge on any atom is 0.264 e. The maximum absolute atomic E-state index is 11.8. The summed E-state index contributed by atoms with van der Waals surface area (Å²) in [5.41, 5.74) is 4.50. The van der Waals surface area contributed by atoms with E-state index in [1.54, 1.807) is 0 Å². The van der Waals surface area contributed by atoms with Crippen LogP contribution >= 0.6 is 22.6 Å². The van der Waals surface area contributed by atoms with Gasteiger partial charge in [-0.25, -0.2) is 4.98 Å². The Hall–Kier alpha value is -1.17. The Morgan fingerprint density at radius 1 is 1.21 bits per heavy atom. The van der Waals surface area contributed by atoms with E-state index in [0.717, 1.165) is 17.9 Å². The van der Waals surface area contributed by atoms with E-state index >= 15 is 0 Å². The van der Waals surface area contributed by atoms with Gasteiger partial charge in [0.25, 0.3) is 5.56 Å². The molecule has 0 saturated carbocycles. The fourth-order valence-corrected chi connectivity index (χ4v) is 2.88. The molecule has 19 heavy (non-hydrogen) atoms. The molecule has 0 atom stereocenters. The predicted octanol–water partition coefficient (Wildman–Crippen LogP) is 3.14.